The molecule has 0 saturated carbocycles. The highest BCUT2D eigenvalue weighted by Gasteiger charge is 2.20. The Morgan fingerprint density at radius 2 is 1.06 bits per heavy atom. The van der Waals surface area contributed by atoms with Crippen molar-refractivity contribution in [1.29, 1.82) is 0 Å². The number of ether oxygens (including phenoxy) is 4. The zero-order chi connectivity index (χ0) is 23.0. The van der Waals surface area contributed by atoms with Crippen LogP contribution in [0.5, 0.6) is 0 Å². The molecule has 170 valence electrons. The van der Waals surface area contributed by atoms with Crippen molar-refractivity contribution in [3.05, 3.63) is 96.1 Å². The molecule has 6 nitrogen and oxygen atoms in total. The highest BCUT2D eigenvalue weighted by Crippen LogP contribution is 2.15. The molecule has 0 aliphatic heterocycles. The van der Waals surface area contributed by atoms with Gasteiger partial charge in [0, 0.05) is 12.2 Å². The SMILES string of the molecule is CCOC(=O)/C=C/[C@H](OCc1ccccc1)[C@H](/C=C/C(=O)OCC)OCc1ccccc1. The van der Waals surface area contributed by atoms with Crippen LogP contribution in [0.1, 0.15) is 25.0 Å². The summed E-state index contributed by atoms with van der Waals surface area (Å²) >= 11 is 0. The van der Waals surface area contributed by atoms with Crippen molar-refractivity contribution in [3.63, 3.8) is 0 Å². The van der Waals surface area contributed by atoms with E-state index in [4.69, 9.17) is 18.9 Å². The molecule has 2 aromatic carbocycles. The van der Waals surface area contributed by atoms with E-state index in [2.05, 4.69) is 0 Å². The van der Waals surface area contributed by atoms with Crippen LogP contribution < -0.4 is 0 Å². The Hall–Kier alpha value is -3.22. The minimum Gasteiger partial charge on any atom is -0.463 e. The highest BCUT2D eigenvalue weighted by atomic mass is 16.5. The van der Waals surface area contributed by atoms with Crippen molar-refractivity contribution in [2.24, 2.45) is 0 Å². The molecular weight excluding hydrogens is 408 g/mol. The van der Waals surface area contributed by atoms with E-state index in [-0.39, 0.29) is 13.2 Å². The van der Waals surface area contributed by atoms with Crippen LogP contribution in [0, 0.1) is 0 Å². The second-order valence-electron chi connectivity index (χ2n) is 6.74. The smallest absolute Gasteiger partial charge is 0.330 e. The molecule has 6 heteroatoms. The summed E-state index contributed by atoms with van der Waals surface area (Å²) in [5.74, 6) is -0.950. The fourth-order valence-corrected chi connectivity index (χ4v) is 2.78. The van der Waals surface area contributed by atoms with E-state index in [0.717, 1.165) is 11.1 Å². The molecule has 0 fully saturated rings. The maximum atomic E-state index is 11.9. The lowest BCUT2D eigenvalue weighted by molar-refractivity contribution is -0.138. The van der Waals surface area contributed by atoms with Gasteiger partial charge in [0.05, 0.1) is 26.4 Å². The van der Waals surface area contributed by atoms with Gasteiger partial charge in [-0.3, -0.25) is 0 Å². The molecule has 32 heavy (non-hydrogen) atoms. The Morgan fingerprint density at radius 1 is 0.688 bits per heavy atom. The molecule has 0 bridgehead atoms. The van der Waals surface area contributed by atoms with Gasteiger partial charge in [-0.15, -0.1) is 0 Å². The second kappa shape index (κ2) is 14.7. The monoisotopic (exact) mass is 438 g/mol. The number of rotatable bonds is 13. The van der Waals surface area contributed by atoms with Gasteiger partial charge in [0.25, 0.3) is 0 Å². The molecule has 0 spiro atoms. The quantitative estimate of drug-likeness (QED) is 0.341. The molecule has 0 radical (unpaired) electrons. The van der Waals surface area contributed by atoms with Crippen LogP contribution in [-0.4, -0.2) is 37.4 Å². The summed E-state index contributed by atoms with van der Waals surface area (Å²) in [7, 11) is 0. The van der Waals surface area contributed by atoms with Crippen LogP contribution in [0.15, 0.2) is 85.0 Å². The zero-order valence-electron chi connectivity index (χ0n) is 18.5. The molecule has 0 aliphatic carbocycles. The van der Waals surface area contributed by atoms with Gasteiger partial charge in [-0.05, 0) is 37.1 Å². The van der Waals surface area contributed by atoms with Crippen molar-refractivity contribution >= 4 is 11.9 Å². The van der Waals surface area contributed by atoms with Crippen molar-refractivity contribution < 1.29 is 28.5 Å². The third kappa shape index (κ3) is 9.73. The Bertz CT molecular complexity index is 787. The number of benzene rings is 2. The summed E-state index contributed by atoms with van der Waals surface area (Å²) in [6.07, 6.45) is 4.52. The van der Waals surface area contributed by atoms with E-state index in [1.165, 1.54) is 12.2 Å². The fraction of sp³-hybridized carbons (Fsp3) is 0.308. The van der Waals surface area contributed by atoms with E-state index in [0.29, 0.717) is 13.2 Å². The van der Waals surface area contributed by atoms with Gasteiger partial charge in [0.2, 0.25) is 0 Å². The van der Waals surface area contributed by atoms with Crippen LogP contribution in [0.2, 0.25) is 0 Å². The molecule has 0 amide bonds. The van der Waals surface area contributed by atoms with Gasteiger partial charge < -0.3 is 18.9 Å². The molecule has 0 heterocycles. The third-order valence-electron chi connectivity index (χ3n) is 4.31. The summed E-state index contributed by atoms with van der Waals surface area (Å²) in [6, 6.07) is 19.3. The predicted octanol–water partition coefficient (Wildman–Crippen LogP) is 4.40. The molecule has 0 unspecified atom stereocenters. The first-order valence-electron chi connectivity index (χ1n) is 10.6. The van der Waals surface area contributed by atoms with Crippen LogP contribution in [0.4, 0.5) is 0 Å². The lowest BCUT2D eigenvalue weighted by Crippen LogP contribution is -2.29. The Morgan fingerprint density at radius 3 is 1.41 bits per heavy atom. The van der Waals surface area contributed by atoms with Crippen LogP contribution in [0.3, 0.4) is 0 Å². The number of carbonyl (C=O) groups excluding carboxylic acids is 2. The van der Waals surface area contributed by atoms with Gasteiger partial charge in [-0.25, -0.2) is 9.59 Å². The largest absolute Gasteiger partial charge is 0.463 e. The predicted molar refractivity (Wildman–Crippen MR) is 122 cm³/mol. The Labute approximate surface area is 189 Å². The Kier molecular flexibility index (Phi) is 11.5. The summed E-state index contributed by atoms with van der Waals surface area (Å²) in [6.45, 7) is 4.63. The lowest BCUT2D eigenvalue weighted by Gasteiger charge is -2.23. The first-order valence-corrected chi connectivity index (χ1v) is 10.6. The topological polar surface area (TPSA) is 71.1 Å². The fourth-order valence-electron chi connectivity index (χ4n) is 2.78. The summed E-state index contributed by atoms with van der Waals surface area (Å²) in [4.78, 5) is 23.8. The molecule has 2 aromatic rings. The van der Waals surface area contributed by atoms with E-state index in [1.807, 2.05) is 60.7 Å². The van der Waals surface area contributed by atoms with E-state index in [9.17, 15) is 9.59 Å². The van der Waals surface area contributed by atoms with Gasteiger partial charge in [-0.1, -0.05) is 60.7 Å². The third-order valence-corrected chi connectivity index (χ3v) is 4.31. The van der Waals surface area contributed by atoms with Crippen molar-refractivity contribution in [3.8, 4) is 0 Å². The van der Waals surface area contributed by atoms with Crippen molar-refractivity contribution in [1.82, 2.24) is 0 Å². The molecule has 0 saturated heterocycles. The minimum absolute atomic E-state index is 0.273. The van der Waals surface area contributed by atoms with E-state index in [1.54, 1.807) is 26.0 Å². The summed E-state index contributed by atoms with van der Waals surface area (Å²) in [5.41, 5.74) is 1.94. The average Bonchev–Trinajstić information content (AvgIpc) is 2.81. The average molecular weight is 439 g/mol. The maximum absolute atomic E-state index is 11.9. The van der Waals surface area contributed by atoms with Gasteiger partial charge >= 0.3 is 11.9 Å². The van der Waals surface area contributed by atoms with Crippen LogP contribution >= 0.6 is 0 Å². The number of carbonyl (C=O) groups is 2. The standard InChI is InChI=1S/C26H30O6/c1-3-29-25(27)17-15-23(31-19-21-11-7-5-8-12-21)24(16-18-26(28)30-4-2)32-20-22-13-9-6-10-14-22/h5-18,23-24H,3-4,19-20H2,1-2H3/b17-15+,18-16+/t23-,24-/m0/s1. The van der Waals surface area contributed by atoms with Crippen molar-refractivity contribution in [2.75, 3.05) is 13.2 Å². The molecule has 0 N–H and O–H groups in total. The van der Waals surface area contributed by atoms with Gasteiger partial charge in [0.15, 0.2) is 0 Å². The second-order valence-corrected chi connectivity index (χ2v) is 6.74. The molecule has 2 atom stereocenters. The van der Waals surface area contributed by atoms with Gasteiger partial charge in [-0.2, -0.15) is 0 Å². The van der Waals surface area contributed by atoms with Gasteiger partial charge in [0.1, 0.15) is 12.2 Å². The molecule has 2 rings (SSSR count). The number of hydrogen-bond acceptors (Lipinski definition) is 6. The maximum Gasteiger partial charge on any atom is 0.330 e. The molecule has 0 aliphatic rings. The van der Waals surface area contributed by atoms with E-state index >= 15 is 0 Å². The van der Waals surface area contributed by atoms with Crippen LogP contribution in [0.25, 0.3) is 0 Å². The zero-order valence-corrected chi connectivity index (χ0v) is 18.5. The summed E-state index contributed by atoms with van der Waals surface area (Å²) < 4.78 is 22.1. The normalized spacial score (nSPS) is 13.2. The van der Waals surface area contributed by atoms with Crippen LogP contribution in [-0.2, 0) is 41.8 Å². The first kappa shape index (κ1) is 25.0. The Balaban J connectivity index is 2.21. The summed E-state index contributed by atoms with van der Waals surface area (Å²) in [5, 5.41) is 0. The number of esters is 2. The minimum atomic E-state index is -0.644. The molecule has 0 aromatic heterocycles. The first-order chi connectivity index (χ1) is 15.6. The van der Waals surface area contributed by atoms with Crippen molar-refractivity contribution in [2.45, 2.75) is 39.3 Å². The lowest BCUT2D eigenvalue weighted by atomic mass is 10.1. The highest BCUT2D eigenvalue weighted by molar-refractivity contribution is 5.82. The van der Waals surface area contributed by atoms with E-state index < -0.39 is 24.1 Å². The number of hydrogen-bond donors (Lipinski definition) is 0. The molecular formula is C26H30O6.